The van der Waals surface area contributed by atoms with Crippen LogP contribution >= 0.6 is 0 Å². The predicted octanol–water partition coefficient (Wildman–Crippen LogP) is 8.05. The zero-order chi connectivity index (χ0) is 24.2. The summed E-state index contributed by atoms with van der Waals surface area (Å²) in [6, 6.07) is 41.5. The third-order valence-electron chi connectivity index (χ3n) is 6.92. The molecule has 2 heterocycles. The Balaban J connectivity index is 1.65. The molecule has 166 valence electrons. The van der Waals surface area contributed by atoms with Crippen molar-refractivity contribution in [1.29, 1.82) is 10.5 Å². The fourth-order valence-corrected chi connectivity index (χ4v) is 5.40. The third kappa shape index (κ3) is 2.79. The highest BCUT2D eigenvalue weighted by Crippen LogP contribution is 2.44. The van der Waals surface area contributed by atoms with E-state index in [9.17, 15) is 10.5 Å². The van der Waals surface area contributed by atoms with E-state index in [0.29, 0.717) is 11.1 Å². The van der Waals surface area contributed by atoms with Gasteiger partial charge in [0.05, 0.1) is 39.8 Å². The van der Waals surface area contributed by atoms with Crippen molar-refractivity contribution in [1.82, 2.24) is 4.40 Å². The average molecular weight is 459 g/mol. The molecule has 4 heteroatoms. The second-order valence-corrected chi connectivity index (χ2v) is 8.92. The number of anilines is 3. The second-order valence-electron chi connectivity index (χ2n) is 8.92. The van der Waals surface area contributed by atoms with E-state index in [4.69, 9.17) is 0 Å². The summed E-state index contributed by atoms with van der Waals surface area (Å²) < 4.78 is 2.20. The summed E-state index contributed by atoms with van der Waals surface area (Å²) >= 11 is 0. The minimum atomic E-state index is 0.614. The Kier molecular flexibility index (Phi) is 4.24. The van der Waals surface area contributed by atoms with E-state index in [1.54, 1.807) is 0 Å². The molecule has 36 heavy (non-hydrogen) atoms. The van der Waals surface area contributed by atoms with Gasteiger partial charge >= 0.3 is 0 Å². The smallest absolute Gasteiger partial charge is 0.0992 e. The summed E-state index contributed by atoms with van der Waals surface area (Å²) in [7, 11) is 0. The van der Waals surface area contributed by atoms with Gasteiger partial charge in [-0.05, 0) is 60.7 Å². The Morgan fingerprint density at radius 1 is 0.500 bits per heavy atom. The van der Waals surface area contributed by atoms with Crippen molar-refractivity contribution < 1.29 is 0 Å². The number of rotatable bonds is 3. The van der Waals surface area contributed by atoms with Crippen LogP contribution in [0.1, 0.15) is 11.1 Å². The van der Waals surface area contributed by atoms with Crippen LogP contribution in [0.25, 0.3) is 38.1 Å². The number of fused-ring (bicyclic) bond motifs is 6. The Labute approximate surface area is 207 Å². The van der Waals surface area contributed by atoms with Gasteiger partial charge in [-0.15, -0.1) is 0 Å². The molecule has 5 aromatic carbocycles. The van der Waals surface area contributed by atoms with E-state index in [1.165, 1.54) is 0 Å². The maximum Gasteiger partial charge on any atom is 0.0992 e. The van der Waals surface area contributed by atoms with E-state index < -0.39 is 0 Å². The summed E-state index contributed by atoms with van der Waals surface area (Å²) in [5, 5.41) is 23.6. The minimum Gasteiger partial charge on any atom is -0.310 e. The lowest BCUT2D eigenvalue weighted by molar-refractivity contribution is 1.29. The first-order valence-corrected chi connectivity index (χ1v) is 11.7. The van der Waals surface area contributed by atoms with E-state index in [2.05, 4.69) is 82.1 Å². The van der Waals surface area contributed by atoms with Crippen LogP contribution in [0.5, 0.6) is 0 Å². The molecule has 0 bridgehead atoms. The monoisotopic (exact) mass is 458 g/mol. The number of para-hydroxylation sites is 2. The zero-order valence-corrected chi connectivity index (χ0v) is 19.2. The van der Waals surface area contributed by atoms with E-state index in [1.807, 2.05) is 48.5 Å². The van der Waals surface area contributed by atoms with Gasteiger partial charge in [0, 0.05) is 38.6 Å². The lowest BCUT2D eigenvalue weighted by Crippen LogP contribution is -2.09. The minimum absolute atomic E-state index is 0.614. The fraction of sp³-hybridized carbons (Fsp3) is 0. The van der Waals surface area contributed by atoms with Crippen molar-refractivity contribution in [3.63, 3.8) is 0 Å². The summed E-state index contributed by atoms with van der Waals surface area (Å²) in [6.45, 7) is 0. The van der Waals surface area contributed by atoms with Gasteiger partial charge in [-0.1, -0.05) is 48.5 Å². The van der Waals surface area contributed by atoms with E-state index >= 15 is 0 Å². The van der Waals surface area contributed by atoms with Gasteiger partial charge in [-0.3, -0.25) is 0 Å². The molecule has 0 amide bonds. The highest BCUT2D eigenvalue weighted by atomic mass is 15.1. The number of hydrogen-bond donors (Lipinski definition) is 0. The third-order valence-corrected chi connectivity index (χ3v) is 6.92. The van der Waals surface area contributed by atoms with Crippen LogP contribution in [-0.4, -0.2) is 4.40 Å². The summed E-state index contributed by atoms with van der Waals surface area (Å²) in [5.74, 6) is 0. The topological polar surface area (TPSA) is 55.2 Å². The molecule has 0 saturated heterocycles. The van der Waals surface area contributed by atoms with Crippen LogP contribution in [0, 0.1) is 22.7 Å². The van der Waals surface area contributed by atoms with Crippen molar-refractivity contribution in [2.24, 2.45) is 0 Å². The SMILES string of the molecule is N#Cc1ccc2c3cc(N(c4ccccc4)c4ccccc4)cc4c5ccc(C#N)cc5n(c2c1)c34. The Morgan fingerprint density at radius 3 is 1.42 bits per heavy atom. The lowest BCUT2D eigenvalue weighted by atomic mass is 10.0. The molecule has 0 radical (unpaired) electrons. The van der Waals surface area contributed by atoms with Gasteiger partial charge in [0.25, 0.3) is 0 Å². The molecule has 0 N–H and O–H groups in total. The number of nitrogens with zero attached hydrogens (tertiary/aromatic N) is 4. The normalized spacial score (nSPS) is 11.3. The van der Waals surface area contributed by atoms with Crippen LogP contribution in [0.15, 0.2) is 109 Å². The highest BCUT2D eigenvalue weighted by molar-refractivity contribution is 6.24. The molecule has 7 rings (SSSR count). The van der Waals surface area contributed by atoms with Gasteiger partial charge in [0.2, 0.25) is 0 Å². The maximum atomic E-state index is 9.59. The fourth-order valence-electron chi connectivity index (χ4n) is 5.40. The molecule has 7 aromatic rings. The molecule has 0 aliphatic heterocycles. The molecule has 0 saturated carbocycles. The van der Waals surface area contributed by atoms with Crippen molar-refractivity contribution in [3.05, 3.63) is 120 Å². The number of benzene rings is 5. The van der Waals surface area contributed by atoms with Crippen molar-refractivity contribution in [3.8, 4) is 12.1 Å². The number of aromatic nitrogens is 1. The first kappa shape index (κ1) is 20.1. The van der Waals surface area contributed by atoms with Crippen molar-refractivity contribution >= 4 is 55.2 Å². The van der Waals surface area contributed by atoms with Gasteiger partial charge in [0.1, 0.15) is 0 Å². The Hall–Kier alpha value is -5.32. The molecule has 0 fully saturated rings. The molecular weight excluding hydrogens is 440 g/mol. The van der Waals surface area contributed by atoms with Gasteiger partial charge in [-0.25, -0.2) is 0 Å². The summed E-state index contributed by atoms with van der Waals surface area (Å²) in [4.78, 5) is 2.27. The second kappa shape index (κ2) is 7.60. The molecule has 4 nitrogen and oxygen atoms in total. The van der Waals surface area contributed by atoms with Gasteiger partial charge in [-0.2, -0.15) is 10.5 Å². The molecule has 0 atom stereocenters. The van der Waals surface area contributed by atoms with Crippen LogP contribution < -0.4 is 4.90 Å². The first-order valence-electron chi connectivity index (χ1n) is 11.7. The molecular formula is C32H18N4. The van der Waals surface area contributed by atoms with E-state index in [0.717, 1.165) is 55.2 Å². The van der Waals surface area contributed by atoms with Crippen molar-refractivity contribution in [2.75, 3.05) is 4.90 Å². The van der Waals surface area contributed by atoms with Crippen LogP contribution in [0.3, 0.4) is 0 Å². The lowest BCUT2D eigenvalue weighted by Gasteiger charge is -2.25. The molecule has 0 spiro atoms. The largest absolute Gasteiger partial charge is 0.310 e. The average Bonchev–Trinajstić information content (AvgIpc) is 3.44. The van der Waals surface area contributed by atoms with E-state index in [-0.39, 0.29) is 0 Å². The molecule has 0 aliphatic carbocycles. The predicted molar refractivity (Wildman–Crippen MR) is 145 cm³/mol. The Bertz CT molecular complexity index is 1870. The molecule has 0 unspecified atom stereocenters. The zero-order valence-electron chi connectivity index (χ0n) is 19.2. The summed E-state index contributed by atoms with van der Waals surface area (Å²) in [6.07, 6.45) is 0. The molecule has 2 aromatic heterocycles. The Morgan fingerprint density at radius 2 is 0.972 bits per heavy atom. The standard InChI is InChI=1S/C32H18N4/c33-19-21-11-13-26-28-17-25(35(23-7-3-1-4-8-23)24-9-5-2-6-10-24)18-29-27-14-12-22(20-34)16-31(27)36(32(28)29)30(26)15-21/h1-18H. The number of nitriles is 2. The summed E-state index contributed by atoms with van der Waals surface area (Å²) in [5.41, 5.74) is 7.48. The van der Waals surface area contributed by atoms with Crippen LogP contribution in [0.2, 0.25) is 0 Å². The highest BCUT2D eigenvalue weighted by Gasteiger charge is 2.21. The van der Waals surface area contributed by atoms with Crippen molar-refractivity contribution in [2.45, 2.75) is 0 Å². The van der Waals surface area contributed by atoms with Crippen LogP contribution in [0.4, 0.5) is 17.1 Å². The quantitative estimate of drug-likeness (QED) is 0.269. The van der Waals surface area contributed by atoms with Gasteiger partial charge < -0.3 is 9.30 Å². The number of hydrogen-bond acceptors (Lipinski definition) is 3. The van der Waals surface area contributed by atoms with Gasteiger partial charge in [0.15, 0.2) is 0 Å². The molecule has 0 aliphatic rings. The first-order chi connectivity index (χ1) is 17.8. The maximum absolute atomic E-state index is 9.59. The van der Waals surface area contributed by atoms with Crippen LogP contribution in [-0.2, 0) is 0 Å².